The van der Waals surface area contributed by atoms with Crippen molar-refractivity contribution < 1.29 is 9.18 Å². The van der Waals surface area contributed by atoms with Crippen molar-refractivity contribution in [1.29, 1.82) is 0 Å². The van der Waals surface area contributed by atoms with Crippen molar-refractivity contribution in [1.82, 2.24) is 14.9 Å². The second-order valence-electron chi connectivity index (χ2n) is 5.10. The first-order chi connectivity index (χ1) is 10.0. The third-order valence-corrected chi connectivity index (χ3v) is 3.23. The molecular weight excluding hydrogens is 273 g/mol. The van der Waals surface area contributed by atoms with E-state index in [-0.39, 0.29) is 29.6 Å². The predicted molar refractivity (Wildman–Crippen MR) is 78.5 cm³/mol. The molecule has 0 spiro atoms. The first kappa shape index (κ1) is 15.2. The van der Waals surface area contributed by atoms with Crippen LogP contribution in [0.2, 0.25) is 0 Å². The van der Waals surface area contributed by atoms with Gasteiger partial charge in [0.05, 0.1) is 17.2 Å². The van der Waals surface area contributed by atoms with Crippen LogP contribution >= 0.6 is 0 Å². The number of hydrogen-bond acceptors (Lipinski definition) is 3. The molecule has 0 aliphatic heterocycles. The summed E-state index contributed by atoms with van der Waals surface area (Å²) >= 11 is 0. The fraction of sp³-hybridized carbons (Fsp3) is 0.400. The van der Waals surface area contributed by atoms with Crippen LogP contribution in [0, 0.1) is 5.82 Å². The normalized spacial score (nSPS) is 12.3. The summed E-state index contributed by atoms with van der Waals surface area (Å²) in [5.74, 6) is -0.681. The van der Waals surface area contributed by atoms with Gasteiger partial charge < -0.3 is 5.32 Å². The molecule has 112 valence electrons. The quantitative estimate of drug-likeness (QED) is 0.914. The summed E-state index contributed by atoms with van der Waals surface area (Å²) in [6.07, 6.45) is 3.13. The van der Waals surface area contributed by atoms with Gasteiger partial charge in [-0.3, -0.25) is 14.2 Å². The van der Waals surface area contributed by atoms with Crippen molar-refractivity contribution in [3.8, 4) is 0 Å². The van der Waals surface area contributed by atoms with Gasteiger partial charge in [0.15, 0.2) is 0 Å². The van der Waals surface area contributed by atoms with Crippen LogP contribution < -0.4 is 10.9 Å². The summed E-state index contributed by atoms with van der Waals surface area (Å²) in [7, 11) is 0. The Bertz CT molecular complexity index is 712. The van der Waals surface area contributed by atoms with Gasteiger partial charge in [0.25, 0.3) is 5.56 Å². The van der Waals surface area contributed by atoms with Crippen LogP contribution in [0.4, 0.5) is 4.39 Å². The zero-order chi connectivity index (χ0) is 15.4. The summed E-state index contributed by atoms with van der Waals surface area (Å²) in [6, 6.07) is 3.86. The highest BCUT2D eigenvalue weighted by atomic mass is 19.1. The highest BCUT2D eigenvalue weighted by Gasteiger charge is 2.10. The van der Waals surface area contributed by atoms with Crippen molar-refractivity contribution in [3.05, 3.63) is 40.7 Å². The Morgan fingerprint density at radius 2 is 2.24 bits per heavy atom. The average molecular weight is 291 g/mol. The molecule has 0 unspecified atom stereocenters. The van der Waals surface area contributed by atoms with Gasteiger partial charge in [0, 0.05) is 12.1 Å². The molecule has 1 amide bonds. The molecule has 2 aromatic rings. The molecule has 1 aromatic carbocycles. The number of aromatic nitrogens is 2. The summed E-state index contributed by atoms with van der Waals surface area (Å²) in [5, 5.41) is 3.13. The zero-order valence-corrected chi connectivity index (χ0v) is 12.1. The first-order valence-electron chi connectivity index (χ1n) is 6.95. The predicted octanol–water partition coefficient (Wildman–Crippen LogP) is 1.84. The number of nitrogens with one attached hydrogen (secondary N) is 1. The monoisotopic (exact) mass is 291 g/mol. The van der Waals surface area contributed by atoms with E-state index in [0.717, 1.165) is 12.8 Å². The van der Waals surface area contributed by atoms with Crippen molar-refractivity contribution in [3.63, 3.8) is 0 Å². The van der Waals surface area contributed by atoms with Crippen LogP contribution in [-0.4, -0.2) is 21.5 Å². The first-order valence-corrected chi connectivity index (χ1v) is 6.95. The number of nitrogens with zero attached hydrogens (tertiary/aromatic N) is 2. The SMILES string of the molecule is CCC[C@H](C)NC(=O)Cn1cnc2cc(F)ccc2c1=O. The van der Waals surface area contributed by atoms with E-state index >= 15 is 0 Å². The van der Waals surface area contributed by atoms with E-state index in [1.54, 1.807) is 0 Å². The largest absolute Gasteiger partial charge is 0.352 e. The Morgan fingerprint density at radius 3 is 2.95 bits per heavy atom. The molecule has 21 heavy (non-hydrogen) atoms. The Labute approximate surface area is 121 Å². The van der Waals surface area contributed by atoms with Crippen molar-refractivity contribution in [2.45, 2.75) is 39.3 Å². The Balaban J connectivity index is 2.19. The minimum Gasteiger partial charge on any atom is -0.352 e. The van der Waals surface area contributed by atoms with Gasteiger partial charge in [-0.25, -0.2) is 9.37 Å². The van der Waals surface area contributed by atoms with Gasteiger partial charge in [-0.1, -0.05) is 13.3 Å². The van der Waals surface area contributed by atoms with Gasteiger partial charge in [-0.15, -0.1) is 0 Å². The molecule has 0 saturated heterocycles. The molecule has 1 aromatic heterocycles. The van der Waals surface area contributed by atoms with Crippen LogP contribution in [0.25, 0.3) is 10.9 Å². The second-order valence-corrected chi connectivity index (χ2v) is 5.10. The molecule has 1 N–H and O–H groups in total. The fourth-order valence-electron chi connectivity index (χ4n) is 2.22. The van der Waals surface area contributed by atoms with Crippen LogP contribution in [0.3, 0.4) is 0 Å². The lowest BCUT2D eigenvalue weighted by molar-refractivity contribution is -0.122. The Hall–Kier alpha value is -2.24. The van der Waals surface area contributed by atoms with Crippen molar-refractivity contribution in [2.75, 3.05) is 0 Å². The van der Waals surface area contributed by atoms with E-state index in [9.17, 15) is 14.0 Å². The van der Waals surface area contributed by atoms with Gasteiger partial charge in [0.1, 0.15) is 12.4 Å². The van der Waals surface area contributed by atoms with Crippen LogP contribution in [0.15, 0.2) is 29.3 Å². The highest BCUT2D eigenvalue weighted by molar-refractivity contribution is 5.79. The summed E-state index contributed by atoms with van der Waals surface area (Å²) in [6.45, 7) is 3.87. The molecule has 1 heterocycles. The number of fused-ring (bicyclic) bond motifs is 1. The molecule has 1 atom stereocenters. The number of halogens is 1. The summed E-state index contributed by atoms with van der Waals surface area (Å²) in [5.41, 5.74) is -0.0608. The average Bonchev–Trinajstić information content (AvgIpc) is 2.42. The van der Waals surface area contributed by atoms with Crippen molar-refractivity contribution in [2.24, 2.45) is 0 Å². The van der Waals surface area contributed by atoms with Gasteiger partial charge in [0.2, 0.25) is 5.91 Å². The number of benzene rings is 1. The van der Waals surface area contributed by atoms with Crippen LogP contribution in [0.5, 0.6) is 0 Å². The molecule has 0 radical (unpaired) electrons. The third-order valence-electron chi connectivity index (χ3n) is 3.23. The molecule has 2 rings (SSSR count). The Kier molecular flexibility index (Phi) is 4.67. The van der Waals surface area contributed by atoms with E-state index in [4.69, 9.17) is 0 Å². The fourth-order valence-corrected chi connectivity index (χ4v) is 2.22. The van der Waals surface area contributed by atoms with E-state index in [1.165, 1.54) is 29.1 Å². The maximum absolute atomic E-state index is 13.1. The second kappa shape index (κ2) is 6.47. The van der Waals surface area contributed by atoms with Gasteiger partial charge in [-0.05, 0) is 25.5 Å². The maximum atomic E-state index is 13.1. The molecular formula is C15H18FN3O2. The topological polar surface area (TPSA) is 64.0 Å². The molecule has 0 fully saturated rings. The lowest BCUT2D eigenvalue weighted by Crippen LogP contribution is -2.37. The minimum atomic E-state index is -0.446. The summed E-state index contributed by atoms with van der Waals surface area (Å²) < 4.78 is 14.3. The van der Waals surface area contributed by atoms with Gasteiger partial charge in [-0.2, -0.15) is 0 Å². The standard InChI is InChI=1S/C15H18FN3O2/c1-3-4-10(2)18-14(20)8-19-9-17-13-7-11(16)5-6-12(13)15(19)21/h5-7,9-10H,3-4,8H2,1-2H3,(H,18,20)/t10-/m0/s1. The minimum absolute atomic E-state index is 0.0701. The van der Waals surface area contributed by atoms with Crippen molar-refractivity contribution >= 4 is 16.8 Å². The molecule has 0 aliphatic carbocycles. The van der Waals surface area contributed by atoms with E-state index in [2.05, 4.69) is 10.3 Å². The molecule has 0 bridgehead atoms. The smallest absolute Gasteiger partial charge is 0.261 e. The molecule has 5 nitrogen and oxygen atoms in total. The zero-order valence-electron chi connectivity index (χ0n) is 12.1. The third kappa shape index (κ3) is 3.65. The van der Waals surface area contributed by atoms with E-state index < -0.39 is 5.82 Å². The molecule has 0 aliphatic rings. The number of rotatable bonds is 5. The number of carbonyl (C=O) groups is 1. The lowest BCUT2D eigenvalue weighted by Gasteiger charge is -2.13. The summed E-state index contributed by atoms with van der Waals surface area (Å²) in [4.78, 5) is 28.1. The number of hydrogen-bond donors (Lipinski definition) is 1. The molecule has 0 saturated carbocycles. The van der Waals surface area contributed by atoms with Crippen LogP contribution in [-0.2, 0) is 11.3 Å². The van der Waals surface area contributed by atoms with E-state index in [0.29, 0.717) is 5.39 Å². The Morgan fingerprint density at radius 1 is 1.48 bits per heavy atom. The number of carbonyl (C=O) groups excluding carboxylic acids is 1. The lowest BCUT2D eigenvalue weighted by atomic mass is 10.2. The van der Waals surface area contributed by atoms with E-state index in [1.807, 2.05) is 13.8 Å². The maximum Gasteiger partial charge on any atom is 0.261 e. The molecule has 6 heteroatoms. The van der Waals surface area contributed by atoms with Gasteiger partial charge >= 0.3 is 0 Å². The highest BCUT2D eigenvalue weighted by Crippen LogP contribution is 2.08. The number of amides is 1. The van der Waals surface area contributed by atoms with Crippen LogP contribution in [0.1, 0.15) is 26.7 Å².